The average Bonchev–Trinajstić information content (AvgIpc) is 2.71. The third-order valence-electron chi connectivity index (χ3n) is 3.05. The van der Waals surface area contributed by atoms with Crippen molar-refractivity contribution in [1.82, 2.24) is 0 Å². The molecule has 0 heterocycles. The van der Waals surface area contributed by atoms with Crippen LogP contribution in [0, 0.1) is 0 Å². The molecule has 8 nitrogen and oxygen atoms in total. The highest BCUT2D eigenvalue weighted by molar-refractivity contribution is 9.09. The standard InChI is InChI=1S/C18H36BrFO8/c19-1-3-21-5-7-23-9-11-25-13-15-27-17-18-28-16-14-26-12-10-24-8-6-22-4-2-20/h1-18H2. The van der Waals surface area contributed by atoms with Gasteiger partial charge in [0.2, 0.25) is 0 Å². The van der Waals surface area contributed by atoms with Crippen LogP contribution in [0.5, 0.6) is 0 Å². The lowest BCUT2D eigenvalue weighted by atomic mass is 10.6. The van der Waals surface area contributed by atoms with Crippen molar-refractivity contribution in [3.8, 4) is 0 Å². The molecule has 0 aromatic heterocycles. The van der Waals surface area contributed by atoms with Gasteiger partial charge in [0.25, 0.3) is 0 Å². The molecule has 0 radical (unpaired) electrons. The van der Waals surface area contributed by atoms with E-state index in [-0.39, 0.29) is 6.61 Å². The Hall–Kier alpha value is 0.0900. The summed E-state index contributed by atoms with van der Waals surface area (Å²) in [4.78, 5) is 0. The molecule has 0 rings (SSSR count). The van der Waals surface area contributed by atoms with Crippen LogP contribution in [0.3, 0.4) is 0 Å². The van der Waals surface area contributed by atoms with Gasteiger partial charge in [-0.15, -0.1) is 0 Å². The summed E-state index contributed by atoms with van der Waals surface area (Å²) in [7, 11) is 0. The maximum Gasteiger partial charge on any atom is 0.113 e. The Balaban J connectivity index is 2.96. The predicted molar refractivity (Wildman–Crippen MR) is 106 cm³/mol. The molecule has 0 amide bonds. The molecule has 0 aliphatic carbocycles. The Morgan fingerprint density at radius 2 is 0.571 bits per heavy atom. The van der Waals surface area contributed by atoms with Crippen LogP contribution < -0.4 is 0 Å². The molecule has 10 heteroatoms. The predicted octanol–water partition coefficient (Wildman–Crippen LogP) is 1.48. The first kappa shape index (κ1) is 28.1. The van der Waals surface area contributed by atoms with Crippen LogP contribution in [0.15, 0.2) is 0 Å². The van der Waals surface area contributed by atoms with Crippen LogP contribution in [0.2, 0.25) is 0 Å². The Kier molecular flexibility index (Phi) is 27.2. The highest BCUT2D eigenvalue weighted by atomic mass is 79.9. The molecule has 0 saturated carbocycles. The van der Waals surface area contributed by atoms with Crippen molar-refractivity contribution >= 4 is 15.9 Å². The molecule has 0 aliphatic rings. The summed E-state index contributed by atoms with van der Waals surface area (Å²) in [5.74, 6) is 0. The smallest absolute Gasteiger partial charge is 0.113 e. The molecule has 0 N–H and O–H groups in total. The topological polar surface area (TPSA) is 73.8 Å². The monoisotopic (exact) mass is 478 g/mol. The summed E-state index contributed by atoms with van der Waals surface area (Å²) in [6.45, 7) is 7.58. The fourth-order valence-electron chi connectivity index (χ4n) is 1.75. The second-order valence-electron chi connectivity index (χ2n) is 5.28. The van der Waals surface area contributed by atoms with Crippen molar-refractivity contribution in [2.24, 2.45) is 0 Å². The van der Waals surface area contributed by atoms with Gasteiger partial charge in [0.05, 0.1) is 106 Å². The van der Waals surface area contributed by atoms with E-state index in [9.17, 15) is 4.39 Å². The highest BCUT2D eigenvalue weighted by Crippen LogP contribution is 1.86. The Morgan fingerprint density at radius 1 is 0.357 bits per heavy atom. The van der Waals surface area contributed by atoms with Gasteiger partial charge in [-0.2, -0.15) is 0 Å². The molecule has 0 atom stereocenters. The number of hydrogen-bond donors (Lipinski definition) is 0. The van der Waals surface area contributed by atoms with Gasteiger partial charge in [0, 0.05) is 5.33 Å². The number of rotatable bonds is 25. The van der Waals surface area contributed by atoms with Crippen LogP contribution in [0.1, 0.15) is 0 Å². The molecule has 0 aromatic carbocycles. The molecule has 0 spiro atoms. The van der Waals surface area contributed by atoms with E-state index in [4.69, 9.17) is 37.9 Å². The number of hydrogen-bond acceptors (Lipinski definition) is 8. The molecule has 0 bridgehead atoms. The van der Waals surface area contributed by atoms with Gasteiger partial charge in [-0.05, 0) is 0 Å². The van der Waals surface area contributed by atoms with Crippen LogP contribution >= 0.6 is 15.9 Å². The lowest BCUT2D eigenvalue weighted by Gasteiger charge is -2.08. The molecule has 170 valence electrons. The first-order valence-corrected chi connectivity index (χ1v) is 10.8. The van der Waals surface area contributed by atoms with E-state index in [0.717, 1.165) is 5.33 Å². The van der Waals surface area contributed by atoms with E-state index in [2.05, 4.69) is 15.9 Å². The number of halogens is 2. The summed E-state index contributed by atoms with van der Waals surface area (Å²) < 4.78 is 54.0. The molecule has 0 aromatic rings. The summed E-state index contributed by atoms with van der Waals surface area (Å²) in [6, 6.07) is 0. The van der Waals surface area contributed by atoms with Gasteiger partial charge in [0.1, 0.15) is 6.67 Å². The lowest BCUT2D eigenvalue weighted by molar-refractivity contribution is -0.0230. The third-order valence-corrected chi connectivity index (χ3v) is 3.37. The average molecular weight is 479 g/mol. The SMILES string of the molecule is FCCOCCOCCOCCOCCOCCOCCOCCOCCBr. The summed E-state index contributed by atoms with van der Waals surface area (Å²) in [5, 5.41) is 0.839. The van der Waals surface area contributed by atoms with E-state index < -0.39 is 6.67 Å². The maximum absolute atomic E-state index is 11.7. The summed E-state index contributed by atoms with van der Waals surface area (Å²) in [6.07, 6.45) is 0. The zero-order valence-electron chi connectivity index (χ0n) is 16.7. The van der Waals surface area contributed by atoms with Gasteiger partial charge in [-0.1, -0.05) is 15.9 Å². The molecular formula is C18H36BrFO8. The minimum absolute atomic E-state index is 0.122. The fraction of sp³-hybridized carbons (Fsp3) is 1.00. The molecular weight excluding hydrogens is 443 g/mol. The fourth-order valence-corrected chi connectivity index (χ4v) is 1.98. The summed E-state index contributed by atoms with van der Waals surface area (Å²) in [5.41, 5.74) is 0. The van der Waals surface area contributed by atoms with E-state index in [0.29, 0.717) is 99.1 Å². The quantitative estimate of drug-likeness (QED) is 0.144. The van der Waals surface area contributed by atoms with Crippen LogP contribution in [0.25, 0.3) is 0 Å². The number of alkyl halides is 2. The van der Waals surface area contributed by atoms with Gasteiger partial charge in [0.15, 0.2) is 0 Å². The van der Waals surface area contributed by atoms with E-state index in [1.807, 2.05) is 0 Å². The van der Waals surface area contributed by atoms with Gasteiger partial charge in [-0.25, -0.2) is 4.39 Å². The van der Waals surface area contributed by atoms with Gasteiger partial charge < -0.3 is 37.9 Å². The van der Waals surface area contributed by atoms with E-state index >= 15 is 0 Å². The highest BCUT2D eigenvalue weighted by Gasteiger charge is 1.95. The number of ether oxygens (including phenoxy) is 8. The third kappa shape index (κ3) is 26.1. The van der Waals surface area contributed by atoms with Crippen molar-refractivity contribution < 1.29 is 42.3 Å². The van der Waals surface area contributed by atoms with Gasteiger partial charge >= 0.3 is 0 Å². The molecule has 0 aliphatic heterocycles. The van der Waals surface area contributed by atoms with E-state index in [1.54, 1.807) is 0 Å². The van der Waals surface area contributed by atoms with Crippen molar-refractivity contribution in [2.45, 2.75) is 0 Å². The van der Waals surface area contributed by atoms with Crippen LogP contribution in [0.4, 0.5) is 4.39 Å². The lowest BCUT2D eigenvalue weighted by Crippen LogP contribution is -2.15. The maximum atomic E-state index is 11.7. The Morgan fingerprint density at radius 3 is 0.786 bits per heavy atom. The Labute approximate surface area is 176 Å². The summed E-state index contributed by atoms with van der Waals surface area (Å²) >= 11 is 3.29. The van der Waals surface area contributed by atoms with Crippen LogP contribution in [-0.4, -0.2) is 118 Å². The van der Waals surface area contributed by atoms with Crippen molar-refractivity contribution in [3.05, 3.63) is 0 Å². The minimum atomic E-state index is -0.466. The van der Waals surface area contributed by atoms with Gasteiger partial charge in [-0.3, -0.25) is 0 Å². The van der Waals surface area contributed by atoms with Crippen LogP contribution in [-0.2, 0) is 37.9 Å². The Bertz CT molecular complexity index is 254. The van der Waals surface area contributed by atoms with Crippen molar-refractivity contribution in [3.63, 3.8) is 0 Å². The zero-order chi connectivity index (χ0) is 20.4. The van der Waals surface area contributed by atoms with Crippen molar-refractivity contribution in [2.75, 3.05) is 118 Å². The molecule has 0 saturated heterocycles. The minimum Gasteiger partial charge on any atom is -0.378 e. The largest absolute Gasteiger partial charge is 0.378 e. The second kappa shape index (κ2) is 27.1. The van der Waals surface area contributed by atoms with Crippen molar-refractivity contribution in [1.29, 1.82) is 0 Å². The first-order valence-electron chi connectivity index (χ1n) is 9.65. The normalized spacial score (nSPS) is 11.4. The first-order chi connectivity index (χ1) is 13.9. The second-order valence-corrected chi connectivity index (χ2v) is 6.07. The zero-order valence-corrected chi connectivity index (χ0v) is 18.3. The van der Waals surface area contributed by atoms with E-state index in [1.165, 1.54) is 0 Å². The molecule has 0 fully saturated rings. The molecule has 28 heavy (non-hydrogen) atoms. The molecule has 0 unspecified atom stereocenters.